The van der Waals surface area contributed by atoms with Crippen LogP contribution in [-0.2, 0) is 12.8 Å². The topological polar surface area (TPSA) is 65.5 Å². The Hall–Kier alpha value is -3.08. The first-order chi connectivity index (χ1) is 11.7. The average Bonchev–Trinajstić information content (AvgIpc) is 3.09. The number of ether oxygens (including phenoxy) is 1. The fraction of sp³-hybridized carbons (Fsp3) is 0.158. The van der Waals surface area contributed by atoms with E-state index in [1.807, 2.05) is 30.3 Å². The molecule has 5 heteroatoms. The molecule has 1 heterocycles. The van der Waals surface area contributed by atoms with Crippen molar-refractivity contribution in [3.63, 3.8) is 0 Å². The molecule has 0 aliphatic rings. The highest BCUT2D eigenvalue weighted by molar-refractivity contribution is 5.65. The summed E-state index contributed by atoms with van der Waals surface area (Å²) in [5.74, 6) is 1.70. The van der Waals surface area contributed by atoms with Gasteiger partial charge < -0.3 is 9.15 Å². The summed E-state index contributed by atoms with van der Waals surface area (Å²) in [6.07, 6.45) is 1.67. The second kappa shape index (κ2) is 7.00. The number of furan rings is 1. The lowest BCUT2D eigenvalue weighted by Crippen LogP contribution is -1.93. The molecule has 3 rings (SSSR count). The molecule has 0 saturated heterocycles. The minimum atomic E-state index is -0.457. The third-order valence-corrected chi connectivity index (χ3v) is 3.82. The minimum Gasteiger partial charge on any atom is -0.490 e. The Morgan fingerprint density at radius 3 is 2.54 bits per heavy atom. The number of nitro groups is 1. The van der Waals surface area contributed by atoms with Crippen molar-refractivity contribution in [2.75, 3.05) is 7.11 Å². The largest absolute Gasteiger partial charge is 0.490 e. The van der Waals surface area contributed by atoms with Crippen molar-refractivity contribution in [3.05, 3.63) is 82.1 Å². The predicted molar refractivity (Wildman–Crippen MR) is 91.2 cm³/mol. The molecule has 5 nitrogen and oxygen atoms in total. The second-order valence-electron chi connectivity index (χ2n) is 5.40. The minimum absolute atomic E-state index is 0.0720. The lowest BCUT2D eigenvalue weighted by Gasteiger charge is -2.03. The highest BCUT2D eigenvalue weighted by Gasteiger charge is 2.17. The molecule has 0 aliphatic carbocycles. The highest BCUT2D eigenvalue weighted by atomic mass is 16.6. The van der Waals surface area contributed by atoms with Gasteiger partial charge in [0.2, 0.25) is 0 Å². The zero-order chi connectivity index (χ0) is 16.9. The van der Waals surface area contributed by atoms with E-state index in [9.17, 15) is 10.1 Å². The average molecular weight is 323 g/mol. The molecule has 0 N–H and O–H groups in total. The molecular weight excluding hydrogens is 306 g/mol. The maximum Gasteiger partial charge on any atom is 0.311 e. The Kier molecular flexibility index (Phi) is 4.61. The van der Waals surface area contributed by atoms with Gasteiger partial charge in [0, 0.05) is 18.1 Å². The van der Waals surface area contributed by atoms with Crippen LogP contribution in [0.5, 0.6) is 5.75 Å². The quantitative estimate of drug-likeness (QED) is 0.489. The Balaban J connectivity index is 1.78. The molecular formula is C19H17NO4. The van der Waals surface area contributed by atoms with Crippen LogP contribution in [0, 0.1) is 10.1 Å². The van der Waals surface area contributed by atoms with Gasteiger partial charge in [-0.25, -0.2) is 0 Å². The molecule has 0 radical (unpaired) electrons. The van der Waals surface area contributed by atoms with Gasteiger partial charge in [-0.1, -0.05) is 30.3 Å². The molecule has 122 valence electrons. The van der Waals surface area contributed by atoms with E-state index in [0.29, 0.717) is 11.3 Å². The van der Waals surface area contributed by atoms with E-state index in [0.717, 1.165) is 18.6 Å². The molecule has 0 saturated carbocycles. The summed E-state index contributed by atoms with van der Waals surface area (Å²) < 4.78 is 10.9. The zero-order valence-corrected chi connectivity index (χ0v) is 13.3. The number of benzene rings is 2. The molecule has 0 amide bonds. The molecule has 2 aromatic carbocycles. The van der Waals surface area contributed by atoms with Crippen LogP contribution in [0.3, 0.4) is 0 Å². The Morgan fingerprint density at radius 2 is 1.83 bits per heavy atom. The number of nitrogens with zero attached hydrogens (tertiary/aromatic N) is 1. The monoisotopic (exact) mass is 323 g/mol. The Labute approximate surface area is 139 Å². The van der Waals surface area contributed by atoms with E-state index in [2.05, 4.69) is 12.1 Å². The van der Waals surface area contributed by atoms with E-state index in [-0.39, 0.29) is 11.4 Å². The van der Waals surface area contributed by atoms with Gasteiger partial charge in [-0.2, -0.15) is 0 Å². The van der Waals surface area contributed by atoms with Crippen LogP contribution in [0.25, 0.3) is 11.3 Å². The Bertz CT molecular complexity index is 840. The maximum atomic E-state index is 11.1. The summed E-state index contributed by atoms with van der Waals surface area (Å²) in [4.78, 5) is 10.7. The van der Waals surface area contributed by atoms with Gasteiger partial charge in [-0.05, 0) is 36.2 Å². The number of methoxy groups -OCH3 is 1. The number of hydrogen-bond donors (Lipinski definition) is 0. The fourth-order valence-corrected chi connectivity index (χ4v) is 2.57. The molecule has 0 unspecified atom stereocenters. The SMILES string of the molecule is COc1ccc(-c2ccc(CCc3ccccc3)o2)cc1[N+](=O)[O-]. The molecule has 1 aromatic heterocycles. The third-order valence-electron chi connectivity index (χ3n) is 3.82. The lowest BCUT2D eigenvalue weighted by molar-refractivity contribution is -0.385. The van der Waals surface area contributed by atoms with Crippen LogP contribution < -0.4 is 4.74 Å². The van der Waals surface area contributed by atoms with Gasteiger partial charge in [0.25, 0.3) is 0 Å². The van der Waals surface area contributed by atoms with Gasteiger partial charge in [0.15, 0.2) is 5.75 Å². The first-order valence-electron chi connectivity index (χ1n) is 7.63. The van der Waals surface area contributed by atoms with Crippen molar-refractivity contribution in [2.45, 2.75) is 12.8 Å². The van der Waals surface area contributed by atoms with Gasteiger partial charge in [-0.3, -0.25) is 10.1 Å². The van der Waals surface area contributed by atoms with Crippen LogP contribution in [0.1, 0.15) is 11.3 Å². The van der Waals surface area contributed by atoms with Crippen molar-refractivity contribution in [1.82, 2.24) is 0 Å². The predicted octanol–water partition coefficient (Wildman–Crippen LogP) is 4.65. The van der Waals surface area contributed by atoms with Crippen molar-refractivity contribution in [1.29, 1.82) is 0 Å². The van der Waals surface area contributed by atoms with E-state index >= 15 is 0 Å². The lowest BCUT2D eigenvalue weighted by atomic mass is 10.1. The number of nitro benzene ring substituents is 1. The van der Waals surface area contributed by atoms with Crippen LogP contribution in [-0.4, -0.2) is 12.0 Å². The third kappa shape index (κ3) is 3.46. The van der Waals surface area contributed by atoms with Crippen LogP contribution in [0.2, 0.25) is 0 Å². The molecule has 0 fully saturated rings. The van der Waals surface area contributed by atoms with E-state index in [1.54, 1.807) is 12.1 Å². The first kappa shape index (κ1) is 15.8. The summed E-state index contributed by atoms with van der Waals surface area (Å²) in [6, 6.07) is 18.7. The summed E-state index contributed by atoms with van der Waals surface area (Å²) in [7, 11) is 1.41. The fourth-order valence-electron chi connectivity index (χ4n) is 2.57. The standard InChI is InChI=1S/C19H17NO4/c1-23-19-11-8-15(13-17(19)20(21)22)18-12-10-16(24-18)9-7-14-5-3-2-4-6-14/h2-6,8,10-13H,7,9H2,1H3. The molecule has 0 aliphatic heterocycles. The summed E-state index contributed by atoms with van der Waals surface area (Å²) in [5, 5.41) is 11.1. The number of rotatable bonds is 6. The van der Waals surface area contributed by atoms with E-state index in [1.165, 1.54) is 18.7 Å². The molecule has 0 spiro atoms. The van der Waals surface area contributed by atoms with Gasteiger partial charge in [-0.15, -0.1) is 0 Å². The van der Waals surface area contributed by atoms with Gasteiger partial charge >= 0.3 is 5.69 Å². The smallest absolute Gasteiger partial charge is 0.311 e. The summed E-state index contributed by atoms with van der Waals surface area (Å²) >= 11 is 0. The molecule has 3 aromatic rings. The van der Waals surface area contributed by atoms with Crippen molar-refractivity contribution >= 4 is 5.69 Å². The first-order valence-corrected chi connectivity index (χ1v) is 7.63. The number of hydrogen-bond acceptors (Lipinski definition) is 4. The van der Waals surface area contributed by atoms with E-state index < -0.39 is 4.92 Å². The van der Waals surface area contributed by atoms with E-state index in [4.69, 9.17) is 9.15 Å². The van der Waals surface area contributed by atoms with Crippen LogP contribution >= 0.6 is 0 Å². The van der Waals surface area contributed by atoms with Crippen molar-refractivity contribution < 1.29 is 14.1 Å². The summed E-state index contributed by atoms with van der Waals surface area (Å²) in [5.41, 5.74) is 1.83. The molecule has 0 bridgehead atoms. The molecule has 0 atom stereocenters. The van der Waals surface area contributed by atoms with Crippen molar-refractivity contribution in [3.8, 4) is 17.1 Å². The summed E-state index contributed by atoms with van der Waals surface area (Å²) in [6.45, 7) is 0. The van der Waals surface area contributed by atoms with Crippen LogP contribution in [0.15, 0.2) is 65.1 Å². The normalized spacial score (nSPS) is 10.5. The highest BCUT2D eigenvalue weighted by Crippen LogP contribution is 2.33. The molecule has 24 heavy (non-hydrogen) atoms. The Morgan fingerprint density at radius 1 is 1.04 bits per heavy atom. The van der Waals surface area contributed by atoms with Gasteiger partial charge in [0.1, 0.15) is 11.5 Å². The zero-order valence-electron chi connectivity index (χ0n) is 13.3. The second-order valence-corrected chi connectivity index (χ2v) is 5.40. The van der Waals surface area contributed by atoms with Gasteiger partial charge in [0.05, 0.1) is 12.0 Å². The maximum absolute atomic E-state index is 11.1. The van der Waals surface area contributed by atoms with Crippen LogP contribution in [0.4, 0.5) is 5.69 Å². The van der Waals surface area contributed by atoms with Crippen molar-refractivity contribution in [2.24, 2.45) is 0 Å². The number of aryl methyl sites for hydroxylation is 2.